The second-order valence-electron chi connectivity index (χ2n) is 4.41. The summed E-state index contributed by atoms with van der Waals surface area (Å²) in [5, 5.41) is 20.9. The largest absolute Gasteiger partial charge is 0.433 e. The zero-order valence-electron chi connectivity index (χ0n) is 10.3. The van der Waals surface area contributed by atoms with Gasteiger partial charge in [0.1, 0.15) is 11.5 Å². The second-order valence-corrected chi connectivity index (χ2v) is 4.41. The van der Waals surface area contributed by atoms with Crippen molar-refractivity contribution in [3.63, 3.8) is 0 Å². The molecule has 0 aliphatic rings. The highest BCUT2D eigenvalue weighted by molar-refractivity contribution is 5.47. The fourth-order valence-electron chi connectivity index (χ4n) is 1.33. The molecule has 0 bridgehead atoms. The normalized spacial score (nSPS) is 12.6. The van der Waals surface area contributed by atoms with Gasteiger partial charge in [0.25, 0.3) is 0 Å². The summed E-state index contributed by atoms with van der Waals surface area (Å²) in [5.41, 5.74) is 3.54. The second kappa shape index (κ2) is 5.72. The first-order chi connectivity index (χ1) is 8.75. The van der Waals surface area contributed by atoms with E-state index < -0.39 is 30.6 Å². The van der Waals surface area contributed by atoms with Crippen LogP contribution in [0, 0.1) is 0 Å². The number of aliphatic hydroxyl groups excluding tert-OH is 2. The van der Waals surface area contributed by atoms with Crippen molar-refractivity contribution in [1.82, 2.24) is 4.98 Å². The first-order valence-electron chi connectivity index (χ1n) is 5.53. The van der Waals surface area contributed by atoms with Gasteiger partial charge in [-0.15, -0.1) is 0 Å². The van der Waals surface area contributed by atoms with Crippen molar-refractivity contribution in [3.05, 3.63) is 23.4 Å². The van der Waals surface area contributed by atoms with Gasteiger partial charge in [0.15, 0.2) is 0 Å². The lowest BCUT2D eigenvalue weighted by atomic mass is 10.0. The van der Waals surface area contributed by atoms with Crippen LogP contribution in [-0.4, -0.2) is 33.9 Å². The van der Waals surface area contributed by atoms with E-state index in [4.69, 9.17) is 15.9 Å². The van der Waals surface area contributed by atoms with Crippen molar-refractivity contribution in [2.75, 3.05) is 18.5 Å². The van der Waals surface area contributed by atoms with E-state index in [1.54, 1.807) is 0 Å². The fourth-order valence-corrected chi connectivity index (χ4v) is 1.33. The molecule has 0 spiro atoms. The minimum atomic E-state index is -4.57. The first-order valence-corrected chi connectivity index (χ1v) is 5.53. The molecule has 0 radical (unpaired) electrons. The number of rotatable bonds is 5. The van der Waals surface area contributed by atoms with Crippen molar-refractivity contribution in [2.24, 2.45) is 5.73 Å². The van der Waals surface area contributed by atoms with Gasteiger partial charge in [0.2, 0.25) is 0 Å². The van der Waals surface area contributed by atoms with Crippen LogP contribution in [-0.2, 0) is 12.7 Å². The predicted octanol–water partition coefficient (Wildman–Crippen LogP) is 0.714. The summed E-state index contributed by atoms with van der Waals surface area (Å²) in [6.45, 7) is 0.506. The third-order valence-electron chi connectivity index (χ3n) is 2.61. The molecular weight excluding hydrogens is 263 g/mol. The number of aromatic nitrogens is 1. The summed E-state index contributed by atoms with van der Waals surface area (Å²) in [6, 6.07) is 2.05. The Morgan fingerprint density at radius 3 is 2.26 bits per heavy atom. The third kappa shape index (κ3) is 3.79. The van der Waals surface area contributed by atoms with Crippen molar-refractivity contribution in [3.8, 4) is 0 Å². The van der Waals surface area contributed by atoms with E-state index in [2.05, 4.69) is 10.3 Å². The Balaban J connectivity index is 3.17. The molecule has 0 saturated carbocycles. The number of aliphatic hydroxyl groups is 2. The molecule has 5 N–H and O–H groups in total. The number of nitrogens with two attached hydrogens (primary N) is 1. The lowest BCUT2D eigenvalue weighted by Gasteiger charge is -2.28. The predicted molar refractivity (Wildman–Crippen MR) is 63.3 cm³/mol. The molecule has 1 heterocycles. The highest BCUT2D eigenvalue weighted by Gasteiger charge is 2.33. The summed E-state index contributed by atoms with van der Waals surface area (Å²) in [6.07, 6.45) is -4.57. The van der Waals surface area contributed by atoms with E-state index >= 15 is 0 Å². The van der Waals surface area contributed by atoms with Gasteiger partial charge in [-0.2, -0.15) is 13.2 Å². The highest BCUT2D eigenvalue weighted by Crippen LogP contribution is 2.30. The van der Waals surface area contributed by atoms with E-state index in [0.29, 0.717) is 5.56 Å². The zero-order chi connectivity index (χ0) is 14.7. The number of nitrogens with zero attached hydrogens (tertiary/aromatic N) is 1. The van der Waals surface area contributed by atoms with Crippen molar-refractivity contribution in [2.45, 2.75) is 25.2 Å². The van der Waals surface area contributed by atoms with Crippen LogP contribution in [0.25, 0.3) is 0 Å². The van der Waals surface area contributed by atoms with Crippen LogP contribution < -0.4 is 11.1 Å². The number of hydrogen-bond donors (Lipinski definition) is 4. The fraction of sp³-hybridized carbons (Fsp3) is 0.545. The molecular formula is C11H16F3N3O2. The number of hydrogen-bond acceptors (Lipinski definition) is 5. The molecule has 1 rings (SSSR count). The van der Waals surface area contributed by atoms with Crippen LogP contribution in [0.4, 0.5) is 19.0 Å². The van der Waals surface area contributed by atoms with E-state index in [1.807, 2.05) is 0 Å². The van der Waals surface area contributed by atoms with Crippen LogP contribution in [0.1, 0.15) is 18.2 Å². The number of anilines is 1. The molecule has 108 valence electrons. The zero-order valence-corrected chi connectivity index (χ0v) is 10.3. The quantitative estimate of drug-likeness (QED) is 0.637. The lowest BCUT2D eigenvalue weighted by molar-refractivity contribution is -0.141. The third-order valence-corrected chi connectivity index (χ3v) is 2.61. The van der Waals surface area contributed by atoms with Gasteiger partial charge in [-0.05, 0) is 13.0 Å². The Bertz CT molecular complexity index is 434. The monoisotopic (exact) mass is 279 g/mol. The SMILES string of the molecule is CC(CO)(CO)Nc1nc(C(F)(F)F)ccc1CN. The summed E-state index contributed by atoms with van der Waals surface area (Å²) < 4.78 is 37.7. The topological polar surface area (TPSA) is 91.4 Å². The Labute approximate surface area is 108 Å². The van der Waals surface area contributed by atoms with Crippen LogP contribution in [0.3, 0.4) is 0 Å². The Morgan fingerprint density at radius 2 is 1.84 bits per heavy atom. The van der Waals surface area contributed by atoms with Crippen LogP contribution in [0.15, 0.2) is 12.1 Å². The standard InChI is InChI=1S/C11H16F3N3O2/c1-10(5-18,6-19)17-9-7(4-15)2-3-8(16-9)11(12,13)14/h2-3,18-19H,4-6,15H2,1H3,(H,16,17). The van der Waals surface area contributed by atoms with Gasteiger partial charge in [-0.3, -0.25) is 0 Å². The highest BCUT2D eigenvalue weighted by atomic mass is 19.4. The Morgan fingerprint density at radius 1 is 1.26 bits per heavy atom. The number of alkyl halides is 3. The van der Waals surface area contributed by atoms with Crippen LogP contribution in [0.2, 0.25) is 0 Å². The maximum atomic E-state index is 12.6. The molecule has 1 aromatic rings. The molecule has 0 aliphatic heterocycles. The summed E-state index contributed by atoms with van der Waals surface area (Å²) >= 11 is 0. The smallest absolute Gasteiger partial charge is 0.394 e. The minimum Gasteiger partial charge on any atom is -0.394 e. The molecule has 0 saturated heterocycles. The molecule has 0 amide bonds. The van der Waals surface area contributed by atoms with Gasteiger partial charge in [-0.1, -0.05) is 6.07 Å². The maximum Gasteiger partial charge on any atom is 0.433 e. The van der Waals surface area contributed by atoms with E-state index in [9.17, 15) is 13.2 Å². The molecule has 19 heavy (non-hydrogen) atoms. The molecule has 5 nitrogen and oxygen atoms in total. The van der Waals surface area contributed by atoms with Crippen molar-refractivity contribution >= 4 is 5.82 Å². The Kier molecular flexibility index (Phi) is 4.72. The summed E-state index contributed by atoms with van der Waals surface area (Å²) in [5.74, 6) is -0.0945. The van der Waals surface area contributed by atoms with Gasteiger partial charge >= 0.3 is 6.18 Å². The molecule has 1 aromatic heterocycles. The van der Waals surface area contributed by atoms with Crippen LogP contribution >= 0.6 is 0 Å². The maximum absolute atomic E-state index is 12.6. The number of pyridine rings is 1. The molecule has 8 heteroatoms. The van der Waals surface area contributed by atoms with Gasteiger partial charge in [-0.25, -0.2) is 4.98 Å². The van der Waals surface area contributed by atoms with Crippen molar-refractivity contribution < 1.29 is 23.4 Å². The summed E-state index contributed by atoms with van der Waals surface area (Å²) in [4.78, 5) is 3.46. The van der Waals surface area contributed by atoms with Crippen molar-refractivity contribution in [1.29, 1.82) is 0 Å². The van der Waals surface area contributed by atoms with Gasteiger partial charge in [0.05, 0.1) is 18.8 Å². The average molecular weight is 279 g/mol. The van der Waals surface area contributed by atoms with E-state index in [0.717, 1.165) is 6.07 Å². The van der Waals surface area contributed by atoms with E-state index in [1.165, 1.54) is 13.0 Å². The van der Waals surface area contributed by atoms with Crippen LogP contribution in [0.5, 0.6) is 0 Å². The van der Waals surface area contributed by atoms with Gasteiger partial charge < -0.3 is 21.3 Å². The first kappa shape index (κ1) is 15.7. The number of nitrogens with one attached hydrogen (secondary N) is 1. The molecule has 0 aliphatic carbocycles. The average Bonchev–Trinajstić information content (AvgIpc) is 2.37. The molecule has 0 atom stereocenters. The molecule has 0 aromatic carbocycles. The number of halogens is 3. The minimum absolute atomic E-state index is 0.0135. The molecule has 0 fully saturated rings. The lowest BCUT2D eigenvalue weighted by Crippen LogP contribution is -2.43. The molecule has 0 unspecified atom stereocenters. The van der Waals surface area contributed by atoms with E-state index in [-0.39, 0.29) is 12.4 Å². The van der Waals surface area contributed by atoms with Gasteiger partial charge in [0, 0.05) is 12.1 Å². The Hall–Kier alpha value is -1.38. The summed E-state index contributed by atoms with van der Waals surface area (Å²) in [7, 11) is 0.